The van der Waals surface area contributed by atoms with Crippen LogP contribution in [0.5, 0.6) is 0 Å². The van der Waals surface area contributed by atoms with Crippen molar-refractivity contribution in [3.63, 3.8) is 0 Å². The van der Waals surface area contributed by atoms with Crippen molar-refractivity contribution in [2.75, 3.05) is 6.54 Å². The largest absolute Gasteiger partial charge is 0.350 e. The molecule has 0 saturated carbocycles. The predicted octanol–water partition coefficient (Wildman–Crippen LogP) is -0.541. The molecule has 5 heteroatoms. The third-order valence-corrected chi connectivity index (χ3v) is 2.54. The molecule has 5 nitrogen and oxygen atoms in total. The minimum Gasteiger partial charge on any atom is -0.350 e. The summed E-state index contributed by atoms with van der Waals surface area (Å²) in [5, 5.41) is 2.77. The maximum atomic E-state index is 11.5. The summed E-state index contributed by atoms with van der Waals surface area (Å²) in [6.45, 7) is 6.16. The molecule has 2 unspecified atom stereocenters. The van der Waals surface area contributed by atoms with Crippen molar-refractivity contribution < 1.29 is 9.59 Å². The molecule has 0 spiro atoms. The Morgan fingerprint density at radius 2 is 2.13 bits per heavy atom. The molecule has 1 fully saturated rings. The van der Waals surface area contributed by atoms with E-state index in [9.17, 15) is 9.59 Å². The van der Waals surface area contributed by atoms with Gasteiger partial charge in [0.1, 0.15) is 0 Å². The first-order valence-electron chi connectivity index (χ1n) is 5.27. The van der Waals surface area contributed by atoms with Crippen LogP contribution in [-0.2, 0) is 9.59 Å². The van der Waals surface area contributed by atoms with Gasteiger partial charge in [0.05, 0.1) is 12.1 Å². The second-order valence-corrected chi connectivity index (χ2v) is 4.34. The first-order chi connectivity index (χ1) is 6.91. The molecule has 1 aliphatic rings. The maximum absolute atomic E-state index is 11.5. The van der Waals surface area contributed by atoms with E-state index in [-0.39, 0.29) is 23.9 Å². The van der Waals surface area contributed by atoms with Gasteiger partial charge in [0, 0.05) is 19.0 Å². The molecule has 0 aliphatic carbocycles. The number of likely N-dealkylation sites (tertiary alicyclic amines) is 1. The number of carbonyl (C=O) groups is 2. The molecule has 1 aliphatic heterocycles. The van der Waals surface area contributed by atoms with Gasteiger partial charge in [-0.1, -0.05) is 0 Å². The summed E-state index contributed by atoms with van der Waals surface area (Å²) in [5.74, 6) is -0.0987. The lowest BCUT2D eigenvalue weighted by Gasteiger charge is -2.21. The van der Waals surface area contributed by atoms with Crippen LogP contribution in [0.15, 0.2) is 0 Å². The monoisotopic (exact) mass is 213 g/mol. The summed E-state index contributed by atoms with van der Waals surface area (Å²) in [6.07, 6.45) is 0.386. The van der Waals surface area contributed by atoms with E-state index in [1.165, 1.54) is 0 Å². The van der Waals surface area contributed by atoms with Gasteiger partial charge in [-0.25, -0.2) is 0 Å². The first-order valence-corrected chi connectivity index (χ1v) is 5.27. The molecule has 2 atom stereocenters. The molecule has 0 bridgehead atoms. The van der Waals surface area contributed by atoms with Gasteiger partial charge in [0.25, 0.3) is 0 Å². The van der Waals surface area contributed by atoms with E-state index in [2.05, 4.69) is 5.32 Å². The second kappa shape index (κ2) is 4.61. The number of nitrogens with one attached hydrogen (secondary N) is 1. The lowest BCUT2D eigenvalue weighted by atomic mass is 10.2. The van der Waals surface area contributed by atoms with Crippen LogP contribution >= 0.6 is 0 Å². The van der Waals surface area contributed by atoms with Gasteiger partial charge in [0.15, 0.2) is 0 Å². The van der Waals surface area contributed by atoms with Crippen molar-refractivity contribution in [2.45, 2.75) is 45.3 Å². The first kappa shape index (κ1) is 12.0. The van der Waals surface area contributed by atoms with E-state index in [1.54, 1.807) is 11.8 Å². The topological polar surface area (TPSA) is 75.4 Å². The number of hydrogen-bond acceptors (Lipinski definition) is 3. The number of amides is 2. The highest BCUT2D eigenvalue weighted by molar-refractivity contribution is 5.84. The smallest absolute Gasteiger partial charge is 0.236 e. The van der Waals surface area contributed by atoms with Crippen LogP contribution < -0.4 is 11.1 Å². The predicted molar refractivity (Wildman–Crippen MR) is 57.0 cm³/mol. The number of rotatable bonds is 3. The fraction of sp³-hybridized carbons (Fsp3) is 0.800. The fourth-order valence-electron chi connectivity index (χ4n) is 1.66. The molecule has 86 valence electrons. The van der Waals surface area contributed by atoms with Crippen molar-refractivity contribution in [2.24, 2.45) is 5.73 Å². The molecular formula is C10H19N3O2. The SMILES string of the molecule is CC(N)C(=O)NC1CC(=O)N(C(C)C)C1. The number of nitrogens with zero attached hydrogens (tertiary/aromatic N) is 1. The van der Waals surface area contributed by atoms with E-state index in [4.69, 9.17) is 5.73 Å². The molecular weight excluding hydrogens is 194 g/mol. The Bertz CT molecular complexity index is 263. The number of carbonyl (C=O) groups excluding carboxylic acids is 2. The highest BCUT2D eigenvalue weighted by Gasteiger charge is 2.32. The van der Waals surface area contributed by atoms with Gasteiger partial charge in [-0.05, 0) is 20.8 Å². The number of hydrogen-bond donors (Lipinski definition) is 2. The molecule has 1 rings (SSSR count). The van der Waals surface area contributed by atoms with Crippen LogP contribution in [0.3, 0.4) is 0 Å². The van der Waals surface area contributed by atoms with Gasteiger partial charge in [-0.2, -0.15) is 0 Å². The highest BCUT2D eigenvalue weighted by Crippen LogP contribution is 2.14. The normalized spacial score (nSPS) is 23.4. The van der Waals surface area contributed by atoms with Crippen LogP contribution in [0.4, 0.5) is 0 Å². The summed E-state index contributed by atoms with van der Waals surface area (Å²) in [4.78, 5) is 24.6. The average molecular weight is 213 g/mol. The average Bonchev–Trinajstić information content (AvgIpc) is 2.46. The molecule has 2 amide bonds. The van der Waals surface area contributed by atoms with Gasteiger partial charge in [-0.3, -0.25) is 9.59 Å². The standard InChI is InChI=1S/C10H19N3O2/c1-6(2)13-5-8(4-9(13)14)12-10(15)7(3)11/h6-8H,4-5,11H2,1-3H3,(H,12,15). The van der Waals surface area contributed by atoms with E-state index in [1.807, 2.05) is 13.8 Å². The van der Waals surface area contributed by atoms with Crippen molar-refractivity contribution in [1.29, 1.82) is 0 Å². The molecule has 0 aromatic heterocycles. The van der Waals surface area contributed by atoms with E-state index < -0.39 is 6.04 Å². The van der Waals surface area contributed by atoms with E-state index >= 15 is 0 Å². The van der Waals surface area contributed by atoms with Crippen LogP contribution in [0.25, 0.3) is 0 Å². The summed E-state index contributed by atoms with van der Waals surface area (Å²) >= 11 is 0. The van der Waals surface area contributed by atoms with Crippen molar-refractivity contribution in [3.8, 4) is 0 Å². The third kappa shape index (κ3) is 2.92. The van der Waals surface area contributed by atoms with Crippen LogP contribution in [0, 0.1) is 0 Å². The molecule has 1 saturated heterocycles. The maximum Gasteiger partial charge on any atom is 0.236 e. The molecule has 15 heavy (non-hydrogen) atoms. The molecule has 0 aromatic rings. The molecule has 0 aromatic carbocycles. The minimum absolute atomic E-state index is 0.0848. The Balaban J connectivity index is 2.48. The van der Waals surface area contributed by atoms with Crippen LogP contribution in [-0.4, -0.2) is 41.4 Å². The zero-order chi connectivity index (χ0) is 11.6. The van der Waals surface area contributed by atoms with E-state index in [0.717, 1.165) is 0 Å². The Hall–Kier alpha value is -1.10. The highest BCUT2D eigenvalue weighted by atomic mass is 16.2. The molecule has 3 N–H and O–H groups in total. The Labute approximate surface area is 90.0 Å². The second-order valence-electron chi connectivity index (χ2n) is 4.34. The van der Waals surface area contributed by atoms with Gasteiger partial charge >= 0.3 is 0 Å². The zero-order valence-corrected chi connectivity index (χ0v) is 9.49. The van der Waals surface area contributed by atoms with Crippen LogP contribution in [0.2, 0.25) is 0 Å². The summed E-state index contributed by atoms with van der Waals surface area (Å²) < 4.78 is 0. The summed E-state index contributed by atoms with van der Waals surface area (Å²) in [6, 6.07) is -0.415. The third-order valence-electron chi connectivity index (χ3n) is 2.54. The molecule has 0 radical (unpaired) electrons. The van der Waals surface area contributed by atoms with E-state index in [0.29, 0.717) is 13.0 Å². The lowest BCUT2D eigenvalue weighted by molar-refractivity contribution is -0.129. The zero-order valence-electron chi connectivity index (χ0n) is 9.49. The Morgan fingerprint density at radius 3 is 2.53 bits per heavy atom. The summed E-state index contributed by atoms with van der Waals surface area (Å²) in [7, 11) is 0. The van der Waals surface area contributed by atoms with Gasteiger partial charge < -0.3 is 16.0 Å². The van der Waals surface area contributed by atoms with Crippen molar-refractivity contribution >= 4 is 11.8 Å². The molecule has 1 heterocycles. The lowest BCUT2D eigenvalue weighted by Crippen LogP contribution is -2.45. The quantitative estimate of drug-likeness (QED) is 0.661. The van der Waals surface area contributed by atoms with Gasteiger partial charge in [0.2, 0.25) is 11.8 Å². The fourth-order valence-corrected chi connectivity index (χ4v) is 1.66. The summed E-state index contributed by atoms with van der Waals surface area (Å²) in [5.41, 5.74) is 5.43. The van der Waals surface area contributed by atoms with Crippen molar-refractivity contribution in [1.82, 2.24) is 10.2 Å². The Morgan fingerprint density at radius 1 is 1.53 bits per heavy atom. The van der Waals surface area contributed by atoms with Gasteiger partial charge in [-0.15, -0.1) is 0 Å². The Kier molecular flexibility index (Phi) is 3.68. The van der Waals surface area contributed by atoms with Crippen LogP contribution in [0.1, 0.15) is 27.2 Å². The van der Waals surface area contributed by atoms with Crippen molar-refractivity contribution in [3.05, 3.63) is 0 Å². The number of nitrogens with two attached hydrogens (primary N) is 1. The minimum atomic E-state index is -0.520.